The van der Waals surface area contributed by atoms with E-state index < -0.39 is 5.97 Å². The van der Waals surface area contributed by atoms with E-state index in [1.807, 2.05) is 13.8 Å². The van der Waals surface area contributed by atoms with Gasteiger partial charge in [0.25, 0.3) is 5.91 Å². The second-order valence-electron chi connectivity index (χ2n) is 3.35. The lowest BCUT2D eigenvalue weighted by molar-refractivity contribution is 0.0701. The van der Waals surface area contributed by atoms with Crippen LogP contribution < -0.4 is 0 Å². The maximum absolute atomic E-state index is 11.9. The first kappa shape index (κ1) is 12.7. The molecule has 0 aliphatic rings. The molecule has 88 valence electrons. The Balaban J connectivity index is 2.82. The van der Waals surface area contributed by atoms with Crippen molar-refractivity contribution < 1.29 is 14.7 Å². The van der Waals surface area contributed by atoms with Crippen LogP contribution in [0.2, 0.25) is 0 Å². The fourth-order valence-corrected chi connectivity index (χ4v) is 2.21. The number of nitrogens with zero attached hydrogens (tertiary/aromatic N) is 1. The number of amides is 1. The third-order valence-electron chi connectivity index (χ3n) is 2.19. The van der Waals surface area contributed by atoms with Crippen molar-refractivity contribution in [1.29, 1.82) is 0 Å². The number of aromatic carboxylic acids is 1. The molecule has 0 radical (unpaired) electrons. The number of hydrogen-bond donors (Lipinski definition) is 1. The highest BCUT2D eigenvalue weighted by atomic mass is 32.1. The summed E-state index contributed by atoms with van der Waals surface area (Å²) in [5, 5.41) is 8.76. The van der Waals surface area contributed by atoms with Crippen LogP contribution in [0, 0.1) is 0 Å². The maximum atomic E-state index is 11.9. The minimum atomic E-state index is -0.984. The van der Waals surface area contributed by atoms with Gasteiger partial charge in [-0.05, 0) is 25.5 Å². The summed E-state index contributed by atoms with van der Waals surface area (Å²) in [7, 11) is 0. The highest BCUT2D eigenvalue weighted by Crippen LogP contribution is 2.18. The lowest BCUT2D eigenvalue weighted by Crippen LogP contribution is -2.30. The average Bonchev–Trinajstić information content (AvgIpc) is 2.74. The minimum absolute atomic E-state index is 0.0816. The molecule has 0 fully saturated rings. The van der Waals surface area contributed by atoms with Crippen molar-refractivity contribution in [2.45, 2.75) is 20.3 Å². The quantitative estimate of drug-likeness (QED) is 0.860. The first-order valence-electron chi connectivity index (χ1n) is 5.22. The highest BCUT2D eigenvalue weighted by molar-refractivity contribution is 7.15. The van der Waals surface area contributed by atoms with E-state index in [0.29, 0.717) is 18.0 Å². The molecule has 4 nitrogen and oxygen atoms in total. The van der Waals surface area contributed by atoms with E-state index in [0.717, 1.165) is 17.8 Å². The number of carboxylic acids is 1. The van der Waals surface area contributed by atoms with Gasteiger partial charge < -0.3 is 10.0 Å². The van der Waals surface area contributed by atoms with Gasteiger partial charge in [-0.15, -0.1) is 11.3 Å². The molecule has 0 aliphatic heterocycles. The number of carbonyl (C=O) groups excluding carboxylic acids is 1. The summed E-state index contributed by atoms with van der Waals surface area (Å²) >= 11 is 1.03. The molecular weight excluding hydrogens is 226 g/mol. The summed E-state index contributed by atoms with van der Waals surface area (Å²) < 4.78 is 0. The number of thiophene rings is 1. The summed E-state index contributed by atoms with van der Waals surface area (Å²) in [4.78, 5) is 25.1. The predicted octanol–water partition coefficient (Wildman–Crippen LogP) is 2.32. The lowest BCUT2D eigenvalue weighted by atomic mass is 10.3. The fourth-order valence-electron chi connectivity index (χ4n) is 1.40. The van der Waals surface area contributed by atoms with Gasteiger partial charge in [-0.25, -0.2) is 4.79 Å². The van der Waals surface area contributed by atoms with Crippen molar-refractivity contribution in [3.8, 4) is 0 Å². The van der Waals surface area contributed by atoms with Crippen LogP contribution in [-0.4, -0.2) is 35.0 Å². The monoisotopic (exact) mass is 241 g/mol. The van der Waals surface area contributed by atoms with Gasteiger partial charge in [0.2, 0.25) is 0 Å². The molecule has 0 unspecified atom stereocenters. The Morgan fingerprint density at radius 3 is 2.38 bits per heavy atom. The Morgan fingerprint density at radius 1 is 1.31 bits per heavy atom. The molecule has 0 aromatic carbocycles. The van der Waals surface area contributed by atoms with E-state index in [1.54, 1.807) is 11.0 Å². The van der Waals surface area contributed by atoms with E-state index in [1.165, 1.54) is 6.07 Å². The zero-order chi connectivity index (χ0) is 12.1. The van der Waals surface area contributed by atoms with Crippen LogP contribution in [0.4, 0.5) is 0 Å². The first-order chi connectivity index (χ1) is 7.60. The van der Waals surface area contributed by atoms with Crippen molar-refractivity contribution in [2.75, 3.05) is 13.1 Å². The van der Waals surface area contributed by atoms with Gasteiger partial charge in [0, 0.05) is 13.1 Å². The molecule has 0 spiro atoms. The standard InChI is InChI=1S/C11H15NO3S/c1-3-7-12(4-2)10(13)8-5-6-9(16-8)11(14)15/h5-6H,3-4,7H2,1-2H3,(H,14,15). The Bertz CT molecular complexity index is 386. The van der Waals surface area contributed by atoms with Crippen molar-refractivity contribution in [3.63, 3.8) is 0 Å². The largest absolute Gasteiger partial charge is 0.477 e. The molecule has 0 aliphatic carbocycles. The van der Waals surface area contributed by atoms with Crippen LogP contribution >= 0.6 is 11.3 Å². The molecule has 1 aromatic rings. The molecule has 1 heterocycles. The summed E-state index contributed by atoms with van der Waals surface area (Å²) in [6, 6.07) is 3.05. The van der Waals surface area contributed by atoms with Gasteiger partial charge in [0.1, 0.15) is 4.88 Å². The van der Waals surface area contributed by atoms with Crippen molar-refractivity contribution >= 4 is 23.2 Å². The van der Waals surface area contributed by atoms with Gasteiger partial charge in [0.05, 0.1) is 4.88 Å². The molecule has 0 saturated heterocycles. The molecule has 5 heteroatoms. The van der Waals surface area contributed by atoms with E-state index in [2.05, 4.69) is 0 Å². The van der Waals surface area contributed by atoms with Crippen LogP contribution in [0.15, 0.2) is 12.1 Å². The number of carbonyl (C=O) groups is 2. The van der Waals surface area contributed by atoms with Gasteiger partial charge >= 0.3 is 5.97 Å². The fraction of sp³-hybridized carbons (Fsp3) is 0.455. The zero-order valence-electron chi connectivity index (χ0n) is 9.40. The Kier molecular flexibility index (Phi) is 4.49. The molecule has 16 heavy (non-hydrogen) atoms. The molecule has 1 N–H and O–H groups in total. The van der Waals surface area contributed by atoms with Crippen LogP contribution in [0.3, 0.4) is 0 Å². The van der Waals surface area contributed by atoms with E-state index in [9.17, 15) is 9.59 Å². The highest BCUT2D eigenvalue weighted by Gasteiger charge is 2.17. The van der Waals surface area contributed by atoms with Gasteiger partial charge in [-0.1, -0.05) is 6.92 Å². The number of rotatable bonds is 5. The van der Waals surface area contributed by atoms with Gasteiger partial charge in [-0.3, -0.25) is 4.79 Å². The normalized spacial score (nSPS) is 10.1. The van der Waals surface area contributed by atoms with Crippen LogP contribution in [0.25, 0.3) is 0 Å². The van der Waals surface area contributed by atoms with Crippen molar-refractivity contribution in [2.24, 2.45) is 0 Å². The van der Waals surface area contributed by atoms with Crippen LogP contribution in [0.5, 0.6) is 0 Å². The molecule has 1 rings (SSSR count). The lowest BCUT2D eigenvalue weighted by Gasteiger charge is -2.18. The van der Waals surface area contributed by atoms with Gasteiger partial charge in [-0.2, -0.15) is 0 Å². The van der Waals surface area contributed by atoms with E-state index >= 15 is 0 Å². The van der Waals surface area contributed by atoms with Crippen LogP contribution in [0.1, 0.15) is 39.6 Å². The summed E-state index contributed by atoms with van der Waals surface area (Å²) in [6.45, 7) is 5.27. The minimum Gasteiger partial charge on any atom is -0.477 e. The Hall–Kier alpha value is -1.36. The summed E-state index contributed by atoms with van der Waals surface area (Å²) in [5.74, 6) is -1.07. The van der Waals surface area contributed by atoms with E-state index in [-0.39, 0.29) is 10.8 Å². The van der Waals surface area contributed by atoms with Gasteiger partial charge in [0.15, 0.2) is 0 Å². The van der Waals surface area contributed by atoms with Crippen molar-refractivity contribution in [3.05, 3.63) is 21.9 Å². The summed E-state index contributed by atoms with van der Waals surface area (Å²) in [5.41, 5.74) is 0. The average molecular weight is 241 g/mol. The molecule has 0 atom stereocenters. The van der Waals surface area contributed by atoms with E-state index in [4.69, 9.17) is 5.11 Å². The predicted molar refractivity (Wildman–Crippen MR) is 63.1 cm³/mol. The SMILES string of the molecule is CCCN(CC)C(=O)c1ccc(C(=O)O)s1. The molecular formula is C11H15NO3S. The van der Waals surface area contributed by atoms with Crippen molar-refractivity contribution in [1.82, 2.24) is 4.90 Å². The molecule has 1 amide bonds. The third kappa shape index (κ3) is 2.82. The number of carboxylic acid groups (broad SMARTS) is 1. The molecule has 1 aromatic heterocycles. The Morgan fingerprint density at radius 2 is 1.94 bits per heavy atom. The smallest absolute Gasteiger partial charge is 0.345 e. The second-order valence-corrected chi connectivity index (χ2v) is 4.44. The molecule has 0 saturated carbocycles. The topological polar surface area (TPSA) is 57.6 Å². The summed E-state index contributed by atoms with van der Waals surface area (Å²) in [6.07, 6.45) is 0.900. The molecule has 0 bridgehead atoms. The first-order valence-corrected chi connectivity index (χ1v) is 6.04. The van der Waals surface area contributed by atoms with Crippen LogP contribution in [-0.2, 0) is 0 Å². The number of hydrogen-bond acceptors (Lipinski definition) is 3. The second kappa shape index (κ2) is 5.65. The third-order valence-corrected chi connectivity index (χ3v) is 3.25. The maximum Gasteiger partial charge on any atom is 0.345 e. The zero-order valence-corrected chi connectivity index (χ0v) is 10.2. The Labute approximate surface area is 98.5 Å².